The molecule has 3 aliphatic rings. The second kappa shape index (κ2) is 7.79. The molecular formula is C23H31NO3. The van der Waals surface area contributed by atoms with Gasteiger partial charge in [-0.1, -0.05) is 29.9 Å². The van der Waals surface area contributed by atoms with E-state index < -0.39 is 0 Å². The lowest BCUT2D eigenvalue weighted by molar-refractivity contribution is -0.134. The van der Waals surface area contributed by atoms with E-state index in [4.69, 9.17) is 0 Å². The van der Waals surface area contributed by atoms with E-state index in [-0.39, 0.29) is 29.3 Å². The van der Waals surface area contributed by atoms with Crippen LogP contribution in [-0.4, -0.2) is 34.1 Å². The Hall–Kier alpha value is -2.23. The smallest absolute Gasteiger partial charge is 0.219 e. The standard InChI is InChI=1S/C23H31NO3/c1-14(2)19-7-5-15(3)9-20(19)23-21(26)8-6-17(11-22(23)27)10-18-12-24(13-18)16(4)25/h6,9,11,18-20,26-27H,1,5,7-8,10,12-13H2,2-4H3/t19?,20-/m1/s1. The maximum atomic E-state index is 11.4. The number of likely N-dealkylation sites (tertiary alicyclic amines) is 1. The van der Waals surface area contributed by atoms with E-state index in [0.717, 1.165) is 43.5 Å². The van der Waals surface area contributed by atoms with Crippen molar-refractivity contribution < 1.29 is 15.0 Å². The number of hydrogen-bond donors (Lipinski definition) is 2. The summed E-state index contributed by atoms with van der Waals surface area (Å²) in [6.07, 6.45) is 9.27. The largest absolute Gasteiger partial charge is 0.512 e. The van der Waals surface area contributed by atoms with Crippen LogP contribution >= 0.6 is 0 Å². The second-order valence-corrected chi connectivity index (χ2v) is 8.40. The Bertz CT molecular complexity index is 762. The first-order chi connectivity index (χ1) is 12.8. The van der Waals surface area contributed by atoms with Crippen molar-refractivity contribution in [1.29, 1.82) is 0 Å². The molecule has 2 aliphatic carbocycles. The van der Waals surface area contributed by atoms with Gasteiger partial charge in [0.1, 0.15) is 11.5 Å². The molecule has 0 bridgehead atoms. The highest BCUT2D eigenvalue weighted by Crippen LogP contribution is 2.42. The molecule has 0 aromatic rings. The van der Waals surface area contributed by atoms with Gasteiger partial charge in [0.15, 0.2) is 0 Å². The Labute approximate surface area is 162 Å². The predicted octanol–water partition coefficient (Wildman–Crippen LogP) is 4.99. The molecule has 1 aliphatic heterocycles. The fourth-order valence-corrected chi connectivity index (χ4v) is 4.50. The number of carbonyl (C=O) groups is 1. The van der Waals surface area contributed by atoms with E-state index in [9.17, 15) is 15.0 Å². The fourth-order valence-electron chi connectivity index (χ4n) is 4.50. The zero-order valence-corrected chi connectivity index (χ0v) is 16.7. The zero-order valence-electron chi connectivity index (χ0n) is 16.7. The van der Waals surface area contributed by atoms with Gasteiger partial charge >= 0.3 is 0 Å². The van der Waals surface area contributed by atoms with Gasteiger partial charge in [-0.2, -0.15) is 0 Å². The highest BCUT2D eigenvalue weighted by Gasteiger charge is 2.33. The first kappa shape index (κ1) is 19.5. The minimum absolute atomic E-state index is 0.0304. The van der Waals surface area contributed by atoms with Gasteiger partial charge in [0.25, 0.3) is 0 Å². The second-order valence-electron chi connectivity index (χ2n) is 8.40. The molecule has 2 atom stereocenters. The van der Waals surface area contributed by atoms with Crippen LogP contribution in [0, 0.1) is 17.8 Å². The number of aliphatic hydroxyl groups excluding tert-OH is 2. The molecule has 0 aromatic heterocycles. The summed E-state index contributed by atoms with van der Waals surface area (Å²) in [4.78, 5) is 13.2. The van der Waals surface area contributed by atoms with Crippen molar-refractivity contribution in [1.82, 2.24) is 4.90 Å². The predicted molar refractivity (Wildman–Crippen MR) is 108 cm³/mol. The summed E-state index contributed by atoms with van der Waals surface area (Å²) < 4.78 is 0. The Morgan fingerprint density at radius 2 is 2.00 bits per heavy atom. The summed E-state index contributed by atoms with van der Waals surface area (Å²) in [6, 6.07) is 0. The van der Waals surface area contributed by atoms with Gasteiger partial charge in [0, 0.05) is 37.9 Å². The number of aliphatic hydroxyl groups is 2. The van der Waals surface area contributed by atoms with Gasteiger partial charge in [0.2, 0.25) is 5.91 Å². The number of hydrogen-bond acceptors (Lipinski definition) is 3. The fraction of sp³-hybridized carbons (Fsp3) is 0.522. The van der Waals surface area contributed by atoms with E-state index >= 15 is 0 Å². The molecule has 1 fully saturated rings. The third-order valence-electron chi connectivity index (χ3n) is 6.11. The van der Waals surface area contributed by atoms with E-state index in [0.29, 0.717) is 17.9 Å². The van der Waals surface area contributed by atoms with Gasteiger partial charge in [-0.15, -0.1) is 0 Å². The van der Waals surface area contributed by atoms with Crippen molar-refractivity contribution in [2.24, 2.45) is 17.8 Å². The first-order valence-electron chi connectivity index (χ1n) is 9.86. The summed E-state index contributed by atoms with van der Waals surface area (Å²) in [5.74, 6) is 1.16. The van der Waals surface area contributed by atoms with Crippen LogP contribution in [0.3, 0.4) is 0 Å². The van der Waals surface area contributed by atoms with Crippen molar-refractivity contribution in [2.75, 3.05) is 13.1 Å². The Kier molecular flexibility index (Phi) is 5.64. The monoisotopic (exact) mass is 369 g/mol. The zero-order chi connectivity index (χ0) is 19.7. The van der Waals surface area contributed by atoms with E-state index in [1.165, 1.54) is 5.57 Å². The molecule has 2 N–H and O–H groups in total. The van der Waals surface area contributed by atoms with Crippen molar-refractivity contribution in [3.63, 3.8) is 0 Å². The van der Waals surface area contributed by atoms with E-state index in [1.54, 1.807) is 6.92 Å². The average Bonchev–Trinajstić information content (AvgIpc) is 2.67. The first-order valence-corrected chi connectivity index (χ1v) is 9.86. The quantitative estimate of drug-likeness (QED) is 0.687. The molecule has 0 aromatic carbocycles. The Morgan fingerprint density at radius 1 is 1.30 bits per heavy atom. The highest BCUT2D eigenvalue weighted by molar-refractivity contribution is 5.74. The summed E-state index contributed by atoms with van der Waals surface area (Å²) >= 11 is 0. The maximum absolute atomic E-state index is 11.4. The molecule has 1 heterocycles. The minimum atomic E-state index is -0.0304. The number of rotatable bonds is 4. The number of amides is 1. The molecular weight excluding hydrogens is 338 g/mol. The minimum Gasteiger partial charge on any atom is -0.512 e. The lowest BCUT2D eigenvalue weighted by Crippen LogP contribution is -2.49. The Morgan fingerprint density at radius 3 is 2.63 bits per heavy atom. The van der Waals surface area contributed by atoms with E-state index in [1.807, 2.05) is 24.0 Å². The van der Waals surface area contributed by atoms with Gasteiger partial charge in [-0.25, -0.2) is 0 Å². The number of carbonyl (C=O) groups excluding carboxylic acids is 1. The molecule has 1 unspecified atom stereocenters. The van der Waals surface area contributed by atoms with Gasteiger partial charge in [-0.3, -0.25) is 4.79 Å². The van der Waals surface area contributed by atoms with Crippen LogP contribution in [0.5, 0.6) is 0 Å². The molecule has 1 saturated heterocycles. The molecule has 0 spiro atoms. The van der Waals surface area contributed by atoms with Crippen LogP contribution in [0.15, 0.2) is 58.6 Å². The van der Waals surface area contributed by atoms with Crippen LogP contribution in [0.4, 0.5) is 0 Å². The molecule has 0 radical (unpaired) electrons. The maximum Gasteiger partial charge on any atom is 0.219 e. The van der Waals surface area contributed by atoms with Gasteiger partial charge < -0.3 is 15.1 Å². The lowest BCUT2D eigenvalue weighted by atomic mass is 9.73. The van der Waals surface area contributed by atoms with E-state index in [2.05, 4.69) is 19.6 Å². The molecule has 0 saturated carbocycles. The summed E-state index contributed by atoms with van der Waals surface area (Å²) in [5, 5.41) is 21.6. The SMILES string of the molecule is C=C(C)C1CCC(C)=C[C@H]1C1=C(O)CC=C(CC2CN(C(C)=O)C2)C=C1O. The molecule has 27 heavy (non-hydrogen) atoms. The normalized spacial score (nSPS) is 26.6. The molecule has 146 valence electrons. The van der Waals surface area contributed by atoms with Gasteiger partial charge in [-0.05, 0) is 56.6 Å². The Balaban J connectivity index is 1.79. The molecule has 3 rings (SSSR count). The molecule has 1 amide bonds. The van der Waals surface area contributed by atoms with Crippen molar-refractivity contribution >= 4 is 5.91 Å². The van der Waals surface area contributed by atoms with Crippen molar-refractivity contribution in [3.05, 3.63) is 58.6 Å². The average molecular weight is 370 g/mol. The molecule has 4 nitrogen and oxygen atoms in total. The van der Waals surface area contributed by atoms with Crippen LogP contribution in [0.25, 0.3) is 0 Å². The van der Waals surface area contributed by atoms with Crippen LogP contribution in [0.1, 0.15) is 46.5 Å². The van der Waals surface area contributed by atoms with Gasteiger partial charge in [0.05, 0.1) is 0 Å². The van der Waals surface area contributed by atoms with Crippen LogP contribution in [0.2, 0.25) is 0 Å². The lowest BCUT2D eigenvalue weighted by Gasteiger charge is -2.39. The van der Waals surface area contributed by atoms with Crippen LogP contribution < -0.4 is 0 Å². The topological polar surface area (TPSA) is 60.8 Å². The summed E-state index contributed by atoms with van der Waals surface area (Å²) in [7, 11) is 0. The third kappa shape index (κ3) is 4.20. The van der Waals surface area contributed by atoms with Crippen LogP contribution in [-0.2, 0) is 4.79 Å². The third-order valence-corrected chi connectivity index (χ3v) is 6.11. The molecule has 4 heteroatoms. The number of nitrogens with zero attached hydrogens (tertiary/aromatic N) is 1. The van der Waals surface area contributed by atoms with Crippen molar-refractivity contribution in [3.8, 4) is 0 Å². The summed E-state index contributed by atoms with van der Waals surface area (Å²) in [6.45, 7) is 11.4. The number of allylic oxidation sites excluding steroid dienone is 7. The summed E-state index contributed by atoms with van der Waals surface area (Å²) in [5.41, 5.74) is 4.06. The highest BCUT2D eigenvalue weighted by atomic mass is 16.3. The van der Waals surface area contributed by atoms with Crippen molar-refractivity contribution in [2.45, 2.75) is 46.5 Å².